The van der Waals surface area contributed by atoms with Gasteiger partial charge in [-0.15, -0.1) is 24.0 Å². The highest BCUT2D eigenvalue weighted by Gasteiger charge is 1.92. The Morgan fingerprint density at radius 2 is 2.00 bits per heavy atom. The van der Waals surface area contributed by atoms with E-state index in [2.05, 4.69) is 36.2 Å². The van der Waals surface area contributed by atoms with Crippen LogP contribution in [-0.4, -0.2) is 4.98 Å². The van der Waals surface area contributed by atoms with Crippen molar-refractivity contribution in [2.75, 3.05) is 0 Å². The topological polar surface area (TPSA) is 15.8 Å². The van der Waals surface area contributed by atoms with Crippen LogP contribution in [0.2, 0.25) is 0 Å². The second-order valence-electron chi connectivity index (χ2n) is 2.54. The van der Waals surface area contributed by atoms with Crippen LogP contribution in [0, 0.1) is 6.92 Å². The molecule has 0 spiro atoms. The van der Waals surface area contributed by atoms with Crippen LogP contribution in [0.15, 0.2) is 30.3 Å². The number of hydrogen-bond acceptors (Lipinski definition) is 0. The average Bonchev–Trinajstić information content (AvgIpc) is 2.27. The van der Waals surface area contributed by atoms with Gasteiger partial charge in [-0.1, -0.05) is 18.2 Å². The molecule has 1 aromatic carbocycles. The zero-order chi connectivity index (χ0) is 6.97. The number of benzene rings is 1. The molecule has 2 heteroatoms. The minimum Gasteiger partial charge on any atom is -0.359 e. The first-order valence-electron chi connectivity index (χ1n) is 3.40. The van der Waals surface area contributed by atoms with E-state index in [-0.39, 0.29) is 25.4 Å². The summed E-state index contributed by atoms with van der Waals surface area (Å²) in [6.07, 6.45) is 0. The molecule has 0 radical (unpaired) electrons. The molecule has 2 aromatic rings. The van der Waals surface area contributed by atoms with E-state index < -0.39 is 0 Å². The summed E-state index contributed by atoms with van der Waals surface area (Å²) in [5.41, 5.74) is 2.45. The van der Waals surface area contributed by atoms with Gasteiger partial charge in [-0.25, -0.2) is 0 Å². The predicted octanol–water partition coefficient (Wildman–Crippen LogP) is 3.34. The molecule has 1 N–H and O–H groups in total. The smallest absolute Gasteiger partial charge is 0.0455 e. The Bertz CT molecular complexity index is 323. The molecule has 2 rings (SSSR count). The number of aromatic amines is 1. The SMILES string of the molecule is Cc1cc2ccccc2[nH]1.I.[HH]. The van der Waals surface area contributed by atoms with E-state index in [1.54, 1.807) is 0 Å². The number of para-hydroxylation sites is 1. The first-order chi connectivity index (χ1) is 4.86. The monoisotopic (exact) mass is 261 g/mol. The molecule has 1 aromatic heterocycles. The fourth-order valence-corrected chi connectivity index (χ4v) is 1.22. The van der Waals surface area contributed by atoms with Crippen LogP contribution in [-0.2, 0) is 0 Å². The van der Waals surface area contributed by atoms with Gasteiger partial charge in [0.05, 0.1) is 0 Å². The van der Waals surface area contributed by atoms with Crippen molar-refractivity contribution < 1.29 is 1.43 Å². The summed E-state index contributed by atoms with van der Waals surface area (Å²) in [4.78, 5) is 3.26. The lowest BCUT2D eigenvalue weighted by molar-refractivity contribution is 1.30. The van der Waals surface area contributed by atoms with Crippen molar-refractivity contribution in [2.45, 2.75) is 6.92 Å². The molecule has 11 heavy (non-hydrogen) atoms. The number of hydrogen-bond donors (Lipinski definition) is 1. The lowest BCUT2D eigenvalue weighted by atomic mass is 10.2. The third-order valence-electron chi connectivity index (χ3n) is 1.66. The van der Waals surface area contributed by atoms with Crippen molar-refractivity contribution in [3.8, 4) is 0 Å². The molecule has 0 aliphatic carbocycles. The third kappa shape index (κ3) is 1.56. The number of rotatable bonds is 0. The first-order valence-corrected chi connectivity index (χ1v) is 3.40. The summed E-state index contributed by atoms with van der Waals surface area (Å²) >= 11 is 0. The molecule has 1 nitrogen and oxygen atoms in total. The maximum Gasteiger partial charge on any atom is 0.0455 e. The van der Waals surface area contributed by atoms with Crippen LogP contribution in [0.4, 0.5) is 0 Å². The van der Waals surface area contributed by atoms with Crippen molar-refractivity contribution in [3.63, 3.8) is 0 Å². The number of nitrogens with one attached hydrogen (secondary N) is 1. The van der Waals surface area contributed by atoms with Crippen molar-refractivity contribution in [1.82, 2.24) is 4.98 Å². The molecule has 0 fully saturated rings. The minimum atomic E-state index is 0. The Kier molecular flexibility index (Phi) is 2.54. The van der Waals surface area contributed by atoms with Crippen LogP contribution >= 0.6 is 24.0 Å². The standard InChI is InChI=1S/C9H9N.HI.H2/c1-7-6-8-4-2-3-5-9(8)10-7;;/h2-6,10H,1H3;2*1H. The van der Waals surface area contributed by atoms with Gasteiger partial charge in [-0.2, -0.15) is 0 Å². The van der Waals surface area contributed by atoms with Gasteiger partial charge in [0.25, 0.3) is 0 Å². The van der Waals surface area contributed by atoms with Gasteiger partial charge < -0.3 is 4.98 Å². The maximum absolute atomic E-state index is 3.26. The van der Waals surface area contributed by atoms with E-state index in [1.807, 2.05) is 6.07 Å². The van der Waals surface area contributed by atoms with Crippen LogP contribution < -0.4 is 0 Å². The summed E-state index contributed by atoms with van der Waals surface area (Å²) in [5, 5.41) is 1.29. The van der Waals surface area contributed by atoms with E-state index in [1.165, 1.54) is 16.6 Å². The molecule has 60 valence electrons. The molecular weight excluding hydrogens is 249 g/mol. The Balaban J connectivity index is 0.000000605. The van der Waals surface area contributed by atoms with E-state index in [9.17, 15) is 0 Å². The quantitative estimate of drug-likeness (QED) is 0.700. The molecule has 1 heterocycles. The molecule has 0 amide bonds. The van der Waals surface area contributed by atoms with Gasteiger partial charge in [0, 0.05) is 12.6 Å². The van der Waals surface area contributed by atoms with Gasteiger partial charge in [-0.3, -0.25) is 0 Å². The van der Waals surface area contributed by atoms with E-state index in [4.69, 9.17) is 0 Å². The highest BCUT2D eigenvalue weighted by atomic mass is 127. The Morgan fingerprint density at radius 3 is 2.73 bits per heavy atom. The molecule has 0 aliphatic rings. The summed E-state index contributed by atoms with van der Waals surface area (Å²) < 4.78 is 0. The fourth-order valence-electron chi connectivity index (χ4n) is 1.22. The fraction of sp³-hybridized carbons (Fsp3) is 0.111. The number of H-pyrrole nitrogens is 1. The Morgan fingerprint density at radius 1 is 1.27 bits per heavy atom. The van der Waals surface area contributed by atoms with Crippen LogP contribution in [0.1, 0.15) is 7.12 Å². The Hall–Kier alpha value is -0.510. The number of fused-ring (bicyclic) bond motifs is 1. The van der Waals surface area contributed by atoms with Gasteiger partial charge in [0.15, 0.2) is 0 Å². The molecule has 0 atom stereocenters. The van der Waals surface area contributed by atoms with E-state index in [0.717, 1.165) is 0 Å². The third-order valence-corrected chi connectivity index (χ3v) is 1.66. The summed E-state index contributed by atoms with van der Waals surface area (Å²) in [6.45, 7) is 2.07. The predicted molar refractivity (Wildman–Crippen MR) is 60.6 cm³/mol. The van der Waals surface area contributed by atoms with Crippen molar-refractivity contribution in [2.24, 2.45) is 0 Å². The summed E-state index contributed by atoms with van der Waals surface area (Å²) in [5.74, 6) is 0. The highest BCUT2D eigenvalue weighted by molar-refractivity contribution is 14.0. The number of aromatic nitrogens is 1. The van der Waals surface area contributed by atoms with E-state index >= 15 is 0 Å². The first kappa shape index (κ1) is 8.59. The number of halogens is 1. The second-order valence-corrected chi connectivity index (χ2v) is 2.54. The molecular formula is C9H12IN. The van der Waals surface area contributed by atoms with Gasteiger partial charge in [-0.05, 0) is 24.4 Å². The average molecular weight is 261 g/mol. The molecule has 0 unspecified atom stereocenters. The zero-order valence-corrected chi connectivity index (χ0v) is 8.63. The Labute approximate surface area is 84.3 Å². The van der Waals surface area contributed by atoms with Crippen molar-refractivity contribution >= 4 is 34.9 Å². The summed E-state index contributed by atoms with van der Waals surface area (Å²) in [6, 6.07) is 10.4. The van der Waals surface area contributed by atoms with Gasteiger partial charge in [0.1, 0.15) is 0 Å². The van der Waals surface area contributed by atoms with Gasteiger partial charge >= 0.3 is 0 Å². The molecule has 0 bridgehead atoms. The molecule has 0 saturated carbocycles. The number of aryl methyl sites for hydroxylation is 1. The zero-order valence-electron chi connectivity index (χ0n) is 6.29. The molecule has 0 saturated heterocycles. The normalized spacial score (nSPS) is 9.55. The maximum atomic E-state index is 3.26. The highest BCUT2D eigenvalue weighted by Crippen LogP contribution is 2.12. The summed E-state index contributed by atoms with van der Waals surface area (Å²) in [7, 11) is 0. The van der Waals surface area contributed by atoms with Crippen molar-refractivity contribution in [3.05, 3.63) is 36.0 Å². The largest absolute Gasteiger partial charge is 0.359 e. The minimum absolute atomic E-state index is 0. The molecule has 0 aliphatic heterocycles. The lowest BCUT2D eigenvalue weighted by Gasteiger charge is -1.83. The lowest BCUT2D eigenvalue weighted by Crippen LogP contribution is -1.65. The van der Waals surface area contributed by atoms with E-state index in [0.29, 0.717) is 0 Å². The van der Waals surface area contributed by atoms with Crippen LogP contribution in [0.25, 0.3) is 10.9 Å². The van der Waals surface area contributed by atoms with Gasteiger partial charge in [0.2, 0.25) is 0 Å². The van der Waals surface area contributed by atoms with Crippen molar-refractivity contribution in [1.29, 1.82) is 0 Å². The van der Waals surface area contributed by atoms with Crippen LogP contribution in [0.5, 0.6) is 0 Å². The second kappa shape index (κ2) is 3.26. The van der Waals surface area contributed by atoms with Crippen LogP contribution in [0.3, 0.4) is 0 Å².